The fourth-order valence-electron chi connectivity index (χ4n) is 1.48. The van der Waals surface area contributed by atoms with Crippen molar-refractivity contribution in [1.29, 1.82) is 0 Å². The first-order valence-electron chi connectivity index (χ1n) is 3.92. The molecule has 0 bridgehead atoms. The molecule has 0 saturated heterocycles. The molecule has 0 aromatic carbocycles. The molecule has 0 spiro atoms. The van der Waals surface area contributed by atoms with Crippen molar-refractivity contribution in [2.45, 2.75) is 19.8 Å². The Bertz CT molecular complexity index is 352. The highest BCUT2D eigenvalue weighted by Crippen LogP contribution is 2.32. The highest BCUT2D eigenvalue weighted by Gasteiger charge is 2.17. The number of nitrogen functional groups attached to an aromatic ring is 1. The van der Waals surface area contributed by atoms with Crippen LogP contribution in [0.25, 0.3) is 6.08 Å². The van der Waals surface area contributed by atoms with Gasteiger partial charge in [0.1, 0.15) is 5.76 Å². The average molecular weight is 184 g/mol. The maximum Gasteiger partial charge on any atom is 0.194 e. The predicted octanol–water partition coefficient (Wildman–Crippen LogP) is 2.70. The summed E-state index contributed by atoms with van der Waals surface area (Å²) in [7, 11) is 0. The maximum absolute atomic E-state index is 5.87. The molecule has 0 radical (unpaired) electrons. The van der Waals surface area contributed by atoms with Gasteiger partial charge in [-0.05, 0) is 25.8 Å². The zero-order chi connectivity index (χ0) is 8.72. The van der Waals surface area contributed by atoms with Crippen LogP contribution in [0, 0.1) is 6.92 Å². The van der Waals surface area contributed by atoms with E-state index in [0.29, 0.717) is 5.88 Å². The SMILES string of the molecule is Cc1c(N)oc2c1CCC(Cl)=C2. The van der Waals surface area contributed by atoms with E-state index >= 15 is 0 Å². The number of halogens is 1. The Morgan fingerprint density at radius 2 is 2.25 bits per heavy atom. The molecule has 0 unspecified atom stereocenters. The molecule has 0 aliphatic heterocycles. The van der Waals surface area contributed by atoms with Crippen molar-refractivity contribution in [1.82, 2.24) is 0 Å². The molecule has 64 valence electrons. The van der Waals surface area contributed by atoms with E-state index in [-0.39, 0.29) is 0 Å². The van der Waals surface area contributed by atoms with Crippen LogP contribution in [-0.4, -0.2) is 0 Å². The molecule has 1 aromatic rings. The van der Waals surface area contributed by atoms with Gasteiger partial charge in [-0.25, -0.2) is 0 Å². The summed E-state index contributed by atoms with van der Waals surface area (Å²) < 4.78 is 5.32. The van der Waals surface area contributed by atoms with Gasteiger partial charge in [0.15, 0.2) is 5.88 Å². The Morgan fingerprint density at radius 3 is 3.00 bits per heavy atom. The van der Waals surface area contributed by atoms with Crippen molar-refractivity contribution >= 4 is 23.6 Å². The summed E-state index contributed by atoms with van der Waals surface area (Å²) in [6, 6.07) is 0. The maximum atomic E-state index is 5.87. The normalized spacial score (nSPS) is 15.7. The molecule has 2 N–H and O–H groups in total. The first kappa shape index (κ1) is 7.74. The fourth-order valence-corrected chi connectivity index (χ4v) is 1.67. The summed E-state index contributed by atoms with van der Waals surface area (Å²) in [5.41, 5.74) is 7.89. The van der Waals surface area contributed by atoms with Crippen LogP contribution in [0.4, 0.5) is 5.88 Å². The van der Waals surface area contributed by atoms with E-state index in [0.717, 1.165) is 29.2 Å². The molecule has 2 rings (SSSR count). The minimum absolute atomic E-state index is 0.516. The van der Waals surface area contributed by atoms with Gasteiger partial charge in [0.05, 0.1) is 0 Å². The van der Waals surface area contributed by atoms with Crippen molar-refractivity contribution < 1.29 is 4.42 Å². The predicted molar refractivity (Wildman–Crippen MR) is 50.0 cm³/mol. The van der Waals surface area contributed by atoms with Crippen LogP contribution in [0.2, 0.25) is 0 Å². The summed E-state index contributed by atoms with van der Waals surface area (Å²) in [4.78, 5) is 0. The molecule has 1 aliphatic carbocycles. The minimum atomic E-state index is 0.516. The lowest BCUT2D eigenvalue weighted by Gasteiger charge is -2.06. The molecular weight excluding hydrogens is 174 g/mol. The minimum Gasteiger partial charge on any atom is -0.441 e. The third-order valence-corrected chi connectivity index (χ3v) is 2.54. The van der Waals surface area contributed by atoms with E-state index in [1.54, 1.807) is 0 Å². The standard InChI is InChI=1S/C9H10ClNO/c1-5-7-3-2-6(10)4-8(7)12-9(5)11/h4H,2-3,11H2,1H3. The molecule has 3 heteroatoms. The second kappa shape index (κ2) is 2.56. The van der Waals surface area contributed by atoms with Gasteiger partial charge in [-0.3, -0.25) is 0 Å². The quantitative estimate of drug-likeness (QED) is 0.672. The van der Waals surface area contributed by atoms with Gasteiger partial charge in [-0.15, -0.1) is 0 Å². The second-order valence-electron chi connectivity index (χ2n) is 3.03. The van der Waals surface area contributed by atoms with Gasteiger partial charge >= 0.3 is 0 Å². The van der Waals surface area contributed by atoms with E-state index < -0.39 is 0 Å². The Balaban J connectivity index is 2.58. The van der Waals surface area contributed by atoms with Crippen LogP contribution in [0.5, 0.6) is 0 Å². The summed E-state index contributed by atoms with van der Waals surface area (Å²) in [5, 5.41) is 0.844. The molecule has 1 heterocycles. The molecule has 0 saturated carbocycles. The number of allylic oxidation sites excluding steroid dienone is 1. The van der Waals surface area contributed by atoms with Crippen molar-refractivity contribution in [3.63, 3.8) is 0 Å². The summed E-state index contributed by atoms with van der Waals surface area (Å²) in [5.74, 6) is 1.35. The van der Waals surface area contributed by atoms with Gasteiger partial charge in [-0.2, -0.15) is 0 Å². The molecule has 12 heavy (non-hydrogen) atoms. The van der Waals surface area contributed by atoms with E-state index in [2.05, 4.69) is 0 Å². The van der Waals surface area contributed by atoms with E-state index in [9.17, 15) is 0 Å². The third-order valence-electron chi connectivity index (χ3n) is 2.24. The number of nitrogens with two attached hydrogens (primary N) is 1. The van der Waals surface area contributed by atoms with E-state index in [4.69, 9.17) is 21.8 Å². The topological polar surface area (TPSA) is 39.2 Å². The van der Waals surface area contributed by atoms with E-state index in [1.807, 2.05) is 13.0 Å². The third kappa shape index (κ3) is 1.03. The first-order chi connectivity index (χ1) is 5.68. The number of rotatable bonds is 0. The van der Waals surface area contributed by atoms with Crippen LogP contribution in [0.3, 0.4) is 0 Å². The van der Waals surface area contributed by atoms with Crippen LogP contribution in [0.15, 0.2) is 9.45 Å². The van der Waals surface area contributed by atoms with Gasteiger partial charge in [0, 0.05) is 16.2 Å². The van der Waals surface area contributed by atoms with Crippen LogP contribution >= 0.6 is 11.6 Å². The van der Waals surface area contributed by atoms with Crippen molar-refractivity contribution in [2.24, 2.45) is 0 Å². The van der Waals surface area contributed by atoms with Crippen LogP contribution in [-0.2, 0) is 6.42 Å². The van der Waals surface area contributed by atoms with Gasteiger partial charge in [0.25, 0.3) is 0 Å². The van der Waals surface area contributed by atoms with E-state index in [1.165, 1.54) is 5.56 Å². The summed E-state index contributed by atoms with van der Waals surface area (Å²) in [6.45, 7) is 1.98. The Kier molecular flexibility index (Phi) is 1.65. The summed E-state index contributed by atoms with van der Waals surface area (Å²) in [6.07, 6.45) is 3.69. The highest BCUT2D eigenvalue weighted by atomic mass is 35.5. The Labute approximate surface area is 76.0 Å². The molecule has 0 atom stereocenters. The molecule has 0 fully saturated rings. The number of hydrogen-bond acceptors (Lipinski definition) is 2. The second-order valence-corrected chi connectivity index (χ2v) is 3.51. The fraction of sp³-hybridized carbons (Fsp3) is 0.333. The number of hydrogen-bond donors (Lipinski definition) is 1. The molecular formula is C9H10ClNO. The van der Waals surface area contributed by atoms with Gasteiger partial charge < -0.3 is 10.2 Å². The lowest BCUT2D eigenvalue weighted by Crippen LogP contribution is -1.94. The zero-order valence-corrected chi connectivity index (χ0v) is 7.61. The largest absolute Gasteiger partial charge is 0.441 e. The van der Waals surface area contributed by atoms with Crippen molar-refractivity contribution in [3.05, 3.63) is 21.9 Å². The number of fused-ring (bicyclic) bond motifs is 1. The van der Waals surface area contributed by atoms with Crippen LogP contribution in [0.1, 0.15) is 23.3 Å². The number of anilines is 1. The zero-order valence-electron chi connectivity index (χ0n) is 6.86. The van der Waals surface area contributed by atoms with Gasteiger partial charge in [-0.1, -0.05) is 11.6 Å². The Hall–Kier alpha value is -0.890. The molecule has 0 amide bonds. The van der Waals surface area contributed by atoms with Gasteiger partial charge in [0.2, 0.25) is 0 Å². The molecule has 2 nitrogen and oxygen atoms in total. The summed E-state index contributed by atoms with van der Waals surface area (Å²) >= 11 is 5.87. The average Bonchev–Trinajstić information content (AvgIpc) is 2.28. The molecule has 1 aromatic heterocycles. The smallest absolute Gasteiger partial charge is 0.194 e. The highest BCUT2D eigenvalue weighted by molar-refractivity contribution is 6.31. The number of furan rings is 1. The van der Waals surface area contributed by atoms with Crippen LogP contribution < -0.4 is 5.73 Å². The lowest BCUT2D eigenvalue weighted by atomic mass is 10.0. The Morgan fingerprint density at radius 1 is 1.50 bits per heavy atom. The van der Waals surface area contributed by atoms with Crippen molar-refractivity contribution in [3.8, 4) is 0 Å². The first-order valence-corrected chi connectivity index (χ1v) is 4.30. The lowest BCUT2D eigenvalue weighted by molar-refractivity contribution is 0.569. The molecule has 1 aliphatic rings. The van der Waals surface area contributed by atoms with Crippen molar-refractivity contribution in [2.75, 3.05) is 5.73 Å². The monoisotopic (exact) mass is 183 g/mol.